The van der Waals surface area contributed by atoms with Crippen molar-refractivity contribution in [2.45, 2.75) is 17.7 Å². The number of carbonyl (C=O) groups is 1. The van der Waals surface area contributed by atoms with Crippen LogP contribution in [0.2, 0.25) is 0 Å². The van der Waals surface area contributed by atoms with E-state index in [4.69, 9.17) is 0 Å². The fourth-order valence-electron chi connectivity index (χ4n) is 2.06. The van der Waals surface area contributed by atoms with E-state index in [1.807, 2.05) is 30.3 Å². The molecule has 1 aliphatic heterocycles. The van der Waals surface area contributed by atoms with Gasteiger partial charge in [-0.3, -0.25) is 4.79 Å². The maximum absolute atomic E-state index is 11.7. The van der Waals surface area contributed by atoms with E-state index in [0.717, 1.165) is 24.5 Å². The molecule has 3 nitrogen and oxygen atoms in total. The van der Waals surface area contributed by atoms with Crippen LogP contribution in [0.1, 0.15) is 12.8 Å². The Bertz CT molecular complexity index is 363. The molecule has 1 heterocycles. The minimum Gasteiger partial charge on any atom is -0.355 e. The molecule has 1 aromatic carbocycles. The Kier molecular flexibility index (Phi) is 5.55. The number of carbonyl (C=O) groups excluding carboxylic acids is 1. The van der Waals surface area contributed by atoms with Gasteiger partial charge in [0.1, 0.15) is 0 Å². The topological polar surface area (TPSA) is 41.1 Å². The van der Waals surface area contributed by atoms with Crippen molar-refractivity contribution in [2.24, 2.45) is 5.92 Å². The van der Waals surface area contributed by atoms with Gasteiger partial charge in [0.25, 0.3) is 0 Å². The average Bonchev–Trinajstić information content (AvgIpc) is 2.45. The lowest BCUT2D eigenvalue weighted by molar-refractivity contribution is -0.118. The number of amides is 1. The van der Waals surface area contributed by atoms with Crippen LogP contribution in [0.25, 0.3) is 0 Å². The average molecular weight is 264 g/mol. The zero-order chi connectivity index (χ0) is 12.6. The molecular formula is C14H20N2OS. The zero-order valence-corrected chi connectivity index (χ0v) is 11.3. The van der Waals surface area contributed by atoms with Crippen molar-refractivity contribution < 1.29 is 4.79 Å². The summed E-state index contributed by atoms with van der Waals surface area (Å²) in [5.41, 5.74) is 0. The molecule has 0 saturated carbocycles. The van der Waals surface area contributed by atoms with Crippen LogP contribution in [-0.2, 0) is 4.79 Å². The number of benzene rings is 1. The van der Waals surface area contributed by atoms with Crippen molar-refractivity contribution in [1.82, 2.24) is 10.6 Å². The summed E-state index contributed by atoms with van der Waals surface area (Å²) in [6.07, 6.45) is 2.35. The molecule has 98 valence electrons. The standard InChI is InChI=1S/C14H20N2OS/c17-14(11-18-13-4-2-1-3-5-13)16-10-12-6-8-15-9-7-12/h1-5,12,15H,6-11H2,(H,16,17). The van der Waals surface area contributed by atoms with Gasteiger partial charge in [0.2, 0.25) is 5.91 Å². The quantitative estimate of drug-likeness (QED) is 0.798. The fourth-order valence-corrected chi connectivity index (χ4v) is 2.81. The molecule has 1 amide bonds. The molecule has 1 aromatic rings. The number of hydrogen-bond acceptors (Lipinski definition) is 3. The molecular weight excluding hydrogens is 244 g/mol. The maximum Gasteiger partial charge on any atom is 0.230 e. The van der Waals surface area contributed by atoms with E-state index in [0.29, 0.717) is 11.7 Å². The summed E-state index contributed by atoms with van der Waals surface area (Å²) < 4.78 is 0. The van der Waals surface area contributed by atoms with Crippen molar-refractivity contribution >= 4 is 17.7 Å². The summed E-state index contributed by atoms with van der Waals surface area (Å²) in [7, 11) is 0. The molecule has 2 N–H and O–H groups in total. The molecule has 1 saturated heterocycles. The van der Waals surface area contributed by atoms with E-state index >= 15 is 0 Å². The highest BCUT2D eigenvalue weighted by molar-refractivity contribution is 8.00. The molecule has 1 fully saturated rings. The van der Waals surface area contributed by atoms with Gasteiger partial charge in [-0.2, -0.15) is 0 Å². The number of nitrogens with one attached hydrogen (secondary N) is 2. The summed E-state index contributed by atoms with van der Waals surface area (Å²) in [6, 6.07) is 10.0. The third-order valence-corrected chi connectivity index (χ3v) is 4.17. The molecule has 4 heteroatoms. The highest BCUT2D eigenvalue weighted by Crippen LogP contribution is 2.16. The second kappa shape index (κ2) is 7.44. The van der Waals surface area contributed by atoms with E-state index in [2.05, 4.69) is 10.6 Å². The second-order valence-electron chi connectivity index (χ2n) is 4.60. The van der Waals surface area contributed by atoms with Gasteiger partial charge in [-0.1, -0.05) is 18.2 Å². The number of piperidine rings is 1. The van der Waals surface area contributed by atoms with Gasteiger partial charge < -0.3 is 10.6 Å². The van der Waals surface area contributed by atoms with Gasteiger partial charge >= 0.3 is 0 Å². The first-order valence-electron chi connectivity index (χ1n) is 6.50. The van der Waals surface area contributed by atoms with Crippen LogP contribution in [-0.4, -0.2) is 31.3 Å². The smallest absolute Gasteiger partial charge is 0.230 e. The highest BCUT2D eigenvalue weighted by Gasteiger charge is 2.13. The second-order valence-corrected chi connectivity index (χ2v) is 5.65. The van der Waals surface area contributed by atoms with Gasteiger partial charge in [0, 0.05) is 11.4 Å². The first-order chi connectivity index (χ1) is 8.84. The number of thioether (sulfide) groups is 1. The molecule has 1 aliphatic rings. The predicted molar refractivity (Wildman–Crippen MR) is 75.8 cm³/mol. The minimum absolute atomic E-state index is 0.141. The number of hydrogen-bond donors (Lipinski definition) is 2. The van der Waals surface area contributed by atoms with Gasteiger partial charge in [-0.05, 0) is 44.0 Å². The van der Waals surface area contributed by atoms with Crippen LogP contribution < -0.4 is 10.6 Å². The molecule has 0 unspecified atom stereocenters. The lowest BCUT2D eigenvalue weighted by Crippen LogP contribution is -2.36. The first-order valence-corrected chi connectivity index (χ1v) is 7.48. The van der Waals surface area contributed by atoms with Crippen LogP contribution >= 0.6 is 11.8 Å². The first kappa shape index (κ1) is 13.4. The monoisotopic (exact) mass is 264 g/mol. The van der Waals surface area contributed by atoms with Crippen molar-refractivity contribution in [3.63, 3.8) is 0 Å². The lowest BCUT2D eigenvalue weighted by atomic mass is 9.98. The Hall–Kier alpha value is -1.00. The Labute approximate surface area is 113 Å². The van der Waals surface area contributed by atoms with Gasteiger partial charge in [0.15, 0.2) is 0 Å². The minimum atomic E-state index is 0.141. The molecule has 0 atom stereocenters. The summed E-state index contributed by atoms with van der Waals surface area (Å²) in [5.74, 6) is 1.30. The predicted octanol–water partition coefficient (Wildman–Crippen LogP) is 1.89. The Morgan fingerprint density at radius 1 is 1.28 bits per heavy atom. The van der Waals surface area contributed by atoms with E-state index < -0.39 is 0 Å². The largest absolute Gasteiger partial charge is 0.355 e. The third kappa shape index (κ3) is 4.70. The van der Waals surface area contributed by atoms with Crippen LogP contribution in [0, 0.1) is 5.92 Å². The zero-order valence-electron chi connectivity index (χ0n) is 10.5. The van der Waals surface area contributed by atoms with Crippen LogP contribution in [0.15, 0.2) is 35.2 Å². The van der Waals surface area contributed by atoms with Crippen molar-refractivity contribution in [3.05, 3.63) is 30.3 Å². The van der Waals surface area contributed by atoms with Gasteiger partial charge in [-0.15, -0.1) is 11.8 Å². The van der Waals surface area contributed by atoms with Crippen molar-refractivity contribution in [3.8, 4) is 0 Å². The SMILES string of the molecule is O=C(CSc1ccccc1)NCC1CCNCC1. The molecule has 0 bridgehead atoms. The highest BCUT2D eigenvalue weighted by atomic mass is 32.2. The normalized spacial score (nSPS) is 16.4. The number of rotatable bonds is 5. The summed E-state index contributed by atoms with van der Waals surface area (Å²) in [4.78, 5) is 12.9. The molecule has 0 aliphatic carbocycles. The van der Waals surface area contributed by atoms with Crippen LogP contribution in [0.5, 0.6) is 0 Å². The van der Waals surface area contributed by atoms with Gasteiger partial charge in [-0.25, -0.2) is 0 Å². The molecule has 0 radical (unpaired) electrons. The summed E-state index contributed by atoms with van der Waals surface area (Å²) >= 11 is 1.59. The summed E-state index contributed by atoms with van der Waals surface area (Å²) in [6.45, 7) is 2.99. The van der Waals surface area contributed by atoms with Crippen molar-refractivity contribution in [1.29, 1.82) is 0 Å². The summed E-state index contributed by atoms with van der Waals surface area (Å²) in [5, 5.41) is 6.37. The van der Waals surface area contributed by atoms with Gasteiger partial charge in [0.05, 0.1) is 5.75 Å². The Morgan fingerprint density at radius 3 is 2.72 bits per heavy atom. The molecule has 18 heavy (non-hydrogen) atoms. The lowest BCUT2D eigenvalue weighted by Gasteiger charge is -2.22. The molecule has 0 spiro atoms. The van der Waals surface area contributed by atoms with Crippen LogP contribution in [0.4, 0.5) is 0 Å². The molecule has 2 rings (SSSR count). The van der Waals surface area contributed by atoms with E-state index in [1.54, 1.807) is 11.8 Å². The fraction of sp³-hybridized carbons (Fsp3) is 0.500. The van der Waals surface area contributed by atoms with Crippen molar-refractivity contribution in [2.75, 3.05) is 25.4 Å². The Balaban J connectivity index is 1.63. The third-order valence-electron chi connectivity index (χ3n) is 3.16. The van der Waals surface area contributed by atoms with E-state index in [9.17, 15) is 4.79 Å². The van der Waals surface area contributed by atoms with Crippen LogP contribution in [0.3, 0.4) is 0 Å². The Morgan fingerprint density at radius 2 is 2.00 bits per heavy atom. The van der Waals surface area contributed by atoms with E-state index in [-0.39, 0.29) is 5.91 Å². The maximum atomic E-state index is 11.7. The van der Waals surface area contributed by atoms with E-state index in [1.165, 1.54) is 12.8 Å². The molecule has 0 aromatic heterocycles.